The van der Waals surface area contributed by atoms with Crippen molar-refractivity contribution in [1.29, 1.82) is 0 Å². The van der Waals surface area contributed by atoms with E-state index in [9.17, 15) is 13.2 Å². The minimum absolute atomic E-state index is 0.143. The highest BCUT2D eigenvalue weighted by Crippen LogP contribution is 2.25. The maximum atomic E-state index is 12.9. The predicted octanol–water partition coefficient (Wildman–Crippen LogP) is 5.33. The Hall–Kier alpha value is -2.83. The first-order chi connectivity index (χ1) is 14.3. The van der Waals surface area contributed by atoms with Crippen LogP contribution < -0.4 is 10.0 Å². The van der Waals surface area contributed by atoms with Gasteiger partial charge in [-0.05, 0) is 49.2 Å². The zero-order chi connectivity index (χ0) is 21.7. The lowest BCUT2D eigenvalue weighted by Crippen LogP contribution is -2.28. The molecule has 0 aliphatic carbocycles. The Balaban J connectivity index is 1.82. The number of anilines is 1. The quantitative estimate of drug-likeness (QED) is 0.519. The molecule has 0 saturated heterocycles. The summed E-state index contributed by atoms with van der Waals surface area (Å²) in [5.74, 6) is -0.368. The Morgan fingerprint density at radius 2 is 1.67 bits per heavy atom. The van der Waals surface area contributed by atoms with Crippen molar-refractivity contribution in [2.45, 2.75) is 31.2 Å². The van der Waals surface area contributed by atoms with Crippen molar-refractivity contribution in [2.24, 2.45) is 0 Å². The third-order valence-corrected chi connectivity index (χ3v) is 6.44. The summed E-state index contributed by atoms with van der Waals surface area (Å²) in [7, 11) is -3.78. The van der Waals surface area contributed by atoms with Crippen LogP contribution in [0.3, 0.4) is 0 Å². The molecule has 0 aromatic heterocycles. The van der Waals surface area contributed by atoms with Gasteiger partial charge in [-0.3, -0.25) is 9.52 Å². The molecule has 3 aromatic carbocycles. The SMILES string of the molecule is CC[C@@H](NC(=O)c1cc(NS(=O)(=O)c2ccc(C)cc2)ccc1Cl)c1ccccc1. The summed E-state index contributed by atoms with van der Waals surface area (Å²) in [6.45, 7) is 3.86. The molecule has 156 valence electrons. The third kappa shape index (κ3) is 5.20. The van der Waals surface area contributed by atoms with Crippen LogP contribution >= 0.6 is 11.6 Å². The highest BCUT2D eigenvalue weighted by molar-refractivity contribution is 7.92. The van der Waals surface area contributed by atoms with E-state index in [1.54, 1.807) is 12.1 Å². The fourth-order valence-corrected chi connectivity index (χ4v) is 4.29. The zero-order valence-electron chi connectivity index (χ0n) is 16.7. The van der Waals surface area contributed by atoms with Crippen molar-refractivity contribution in [2.75, 3.05) is 4.72 Å². The molecule has 1 amide bonds. The van der Waals surface area contributed by atoms with Crippen LogP contribution in [0.1, 0.15) is 40.9 Å². The Kier molecular flexibility index (Phi) is 6.80. The van der Waals surface area contributed by atoms with Gasteiger partial charge in [0.2, 0.25) is 0 Å². The van der Waals surface area contributed by atoms with E-state index in [2.05, 4.69) is 10.0 Å². The van der Waals surface area contributed by atoms with E-state index >= 15 is 0 Å². The van der Waals surface area contributed by atoms with Crippen LogP contribution in [0.15, 0.2) is 77.7 Å². The molecule has 0 saturated carbocycles. The minimum atomic E-state index is -3.78. The second kappa shape index (κ2) is 9.32. The third-order valence-electron chi connectivity index (χ3n) is 4.71. The van der Waals surface area contributed by atoms with E-state index in [0.717, 1.165) is 11.1 Å². The molecule has 30 heavy (non-hydrogen) atoms. The van der Waals surface area contributed by atoms with E-state index in [0.29, 0.717) is 6.42 Å². The van der Waals surface area contributed by atoms with Crippen LogP contribution in [0.5, 0.6) is 0 Å². The number of hydrogen-bond donors (Lipinski definition) is 2. The largest absolute Gasteiger partial charge is 0.345 e. The van der Waals surface area contributed by atoms with Crippen LogP contribution in [0, 0.1) is 6.92 Å². The molecule has 0 heterocycles. The van der Waals surface area contributed by atoms with Gasteiger partial charge in [-0.15, -0.1) is 0 Å². The summed E-state index contributed by atoms with van der Waals surface area (Å²) < 4.78 is 27.8. The van der Waals surface area contributed by atoms with Gasteiger partial charge in [0.25, 0.3) is 15.9 Å². The molecule has 7 heteroatoms. The molecule has 2 N–H and O–H groups in total. The van der Waals surface area contributed by atoms with Gasteiger partial charge in [0.1, 0.15) is 0 Å². The van der Waals surface area contributed by atoms with Crippen molar-refractivity contribution in [3.05, 3.63) is 94.5 Å². The number of carbonyl (C=O) groups excluding carboxylic acids is 1. The summed E-state index contributed by atoms with van der Waals surface area (Å²) in [6, 6.07) is 20.5. The molecule has 0 aliphatic rings. The Morgan fingerprint density at radius 1 is 1.00 bits per heavy atom. The minimum Gasteiger partial charge on any atom is -0.345 e. The molecule has 5 nitrogen and oxygen atoms in total. The number of aryl methyl sites for hydroxylation is 1. The topological polar surface area (TPSA) is 75.3 Å². The monoisotopic (exact) mass is 442 g/mol. The first-order valence-electron chi connectivity index (χ1n) is 9.55. The Bertz CT molecular complexity index is 1130. The predicted molar refractivity (Wildman–Crippen MR) is 120 cm³/mol. The number of benzene rings is 3. The molecule has 3 rings (SSSR count). The van der Waals surface area contributed by atoms with Crippen molar-refractivity contribution in [3.8, 4) is 0 Å². The smallest absolute Gasteiger partial charge is 0.261 e. The molecule has 0 bridgehead atoms. The van der Waals surface area contributed by atoms with Gasteiger partial charge >= 0.3 is 0 Å². The van der Waals surface area contributed by atoms with Crippen LogP contribution in [0.25, 0.3) is 0 Å². The van der Waals surface area contributed by atoms with E-state index in [4.69, 9.17) is 11.6 Å². The maximum absolute atomic E-state index is 12.9. The van der Waals surface area contributed by atoms with Crippen LogP contribution in [-0.4, -0.2) is 14.3 Å². The standard InChI is InChI=1S/C23H23ClN2O3S/c1-3-22(17-7-5-4-6-8-17)25-23(27)20-15-18(11-14-21(20)24)26-30(28,29)19-12-9-16(2)10-13-19/h4-15,22,26H,3H2,1-2H3,(H,25,27)/t22-/m1/s1. The van der Waals surface area contributed by atoms with E-state index in [1.165, 1.54) is 30.3 Å². The summed E-state index contributed by atoms with van der Waals surface area (Å²) in [5, 5.41) is 3.21. The maximum Gasteiger partial charge on any atom is 0.261 e. The molecule has 3 aromatic rings. The van der Waals surface area contributed by atoms with Crippen molar-refractivity contribution in [3.63, 3.8) is 0 Å². The van der Waals surface area contributed by atoms with Gasteiger partial charge in [0.15, 0.2) is 0 Å². The lowest BCUT2D eigenvalue weighted by molar-refractivity contribution is 0.0935. The van der Waals surface area contributed by atoms with E-state index < -0.39 is 10.0 Å². The Morgan fingerprint density at radius 3 is 2.30 bits per heavy atom. The lowest BCUT2D eigenvalue weighted by atomic mass is 10.0. The van der Waals surface area contributed by atoms with Gasteiger partial charge in [-0.25, -0.2) is 8.42 Å². The fourth-order valence-electron chi connectivity index (χ4n) is 3.04. The first-order valence-corrected chi connectivity index (χ1v) is 11.4. The Labute approximate surface area is 182 Å². The molecule has 0 spiro atoms. The average molecular weight is 443 g/mol. The van der Waals surface area contributed by atoms with Crippen LogP contribution in [-0.2, 0) is 10.0 Å². The zero-order valence-corrected chi connectivity index (χ0v) is 18.3. The average Bonchev–Trinajstić information content (AvgIpc) is 2.74. The second-order valence-corrected chi connectivity index (χ2v) is 9.05. The van der Waals surface area contributed by atoms with Crippen molar-refractivity contribution in [1.82, 2.24) is 5.32 Å². The second-order valence-electron chi connectivity index (χ2n) is 6.96. The van der Waals surface area contributed by atoms with Gasteiger partial charge in [0, 0.05) is 5.69 Å². The van der Waals surface area contributed by atoms with Crippen LogP contribution in [0.4, 0.5) is 5.69 Å². The molecular formula is C23H23ClN2O3S. The van der Waals surface area contributed by atoms with Gasteiger partial charge < -0.3 is 5.32 Å². The fraction of sp³-hybridized carbons (Fsp3) is 0.174. The number of rotatable bonds is 7. The van der Waals surface area contributed by atoms with Gasteiger partial charge in [0.05, 0.1) is 21.5 Å². The molecule has 0 radical (unpaired) electrons. The summed E-state index contributed by atoms with van der Waals surface area (Å²) in [5.41, 5.74) is 2.41. The molecular weight excluding hydrogens is 420 g/mol. The van der Waals surface area contributed by atoms with E-state index in [-0.39, 0.29) is 33.1 Å². The lowest BCUT2D eigenvalue weighted by Gasteiger charge is -2.18. The number of amides is 1. The summed E-state index contributed by atoms with van der Waals surface area (Å²) in [4.78, 5) is 13.0. The number of sulfonamides is 1. The van der Waals surface area contributed by atoms with Crippen molar-refractivity contribution < 1.29 is 13.2 Å². The summed E-state index contributed by atoms with van der Waals surface area (Å²) >= 11 is 6.23. The number of nitrogens with one attached hydrogen (secondary N) is 2. The number of carbonyl (C=O) groups is 1. The molecule has 0 unspecified atom stereocenters. The summed E-state index contributed by atoms with van der Waals surface area (Å²) in [6.07, 6.45) is 0.702. The van der Waals surface area contributed by atoms with E-state index in [1.807, 2.05) is 44.2 Å². The number of halogens is 1. The van der Waals surface area contributed by atoms with Gasteiger partial charge in [-0.2, -0.15) is 0 Å². The highest BCUT2D eigenvalue weighted by Gasteiger charge is 2.19. The molecule has 0 aliphatic heterocycles. The van der Waals surface area contributed by atoms with Gasteiger partial charge in [-0.1, -0.05) is 66.6 Å². The first kappa shape index (κ1) is 21.9. The number of hydrogen-bond acceptors (Lipinski definition) is 3. The normalized spacial score (nSPS) is 12.2. The van der Waals surface area contributed by atoms with Crippen LogP contribution in [0.2, 0.25) is 5.02 Å². The molecule has 0 fully saturated rings. The molecule has 1 atom stereocenters. The van der Waals surface area contributed by atoms with Crippen molar-refractivity contribution >= 4 is 33.2 Å². The highest BCUT2D eigenvalue weighted by atomic mass is 35.5.